The van der Waals surface area contributed by atoms with Crippen molar-refractivity contribution >= 4 is 0 Å². The van der Waals surface area contributed by atoms with Crippen LogP contribution in [0.3, 0.4) is 0 Å². The molecule has 2 aliphatic rings. The van der Waals surface area contributed by atoms with Crippen molar-refractivity contribution in [2.24, 2.45) is 11.7 Å². The number of nitrogens with two attached hydrogens (primary N) is 1. The Kier molecular flexibility index (Phi) is 3.16. The van der Waals surface area contributed by atoms with E-state index in [0.29, 0.717) is 12.7 Å². The fourth-order valence-corrected chi connectivity index (χ4v) is 2.97. The van der Waals surface area contributed by atoms with E-state index in [9.17, 15) is 0 Å². The predicted molar refractivity (Wildman–Crippen MR) is 70.9 cm³/mol. The van der Waals surface area contributed by atoms with Crippen LogP contribution >= 0.6 is 0 Å². The Bertz CT molecular complexity index is 433. The first-order valence-electron chi connectivity index (χ1n) is 6.91. The summed E-state index contributed by atoms with van der Waals surface area (Å²) in [5.74, 6) is 2.59. The summed E-state index contributed by atoms with van der Waals surface area (Å²) in [6.45, 7) is 2.89. The minimum Gasteiger partial charge on any atom is -0.491 e. The van der Waals surface area contributed by atoms with Crippen molar-refractivity contribution < 1.29 is 9.47 Å². The molecule has 0 amide bonds. The average molecular weight is 247 g/mol. The minimum absolute atomic E-state index is 0.0174. The van der Waals surface area contributed by atoms with Crippen molar-refractivity contribution in [3.63, 3.8) is 0 Å². The molecule has 98 valence electrons. The third-order valence-corrected chi connectivity index (χ3v) is 3.99. The highest BCUT2D eigenvalue weighted by atomic mass is 16.5. The lowest BCUT2D eigenvalue weighted by atomic mass is 9.89. The van der Waals surface area contributed by atoms with Gasteiger partial charge in [-0.2, -0.15) is 0 Å². The van der Waals surface area contributed by atoms with Crippen LogP contribution in [0.15, 0.2) is 18.2 Å². The number of ether oxygens (including phenoxy) is 2. The smallest absolute Gasteiger partial charge is 0.127 e. The van der Waals surface area contributed by atoms with Crippen LogP contribution < -0.4 is 15.2 Å². The molecule has 1 aromatic carbocycles. The van der Waals surface area contributed by atoms with Gasteiger partial charge in [0.25, 0.3) is 0 Å². The van der Waals surface area contributed by atoms with E-state index in [1.165, 1.54) is 19.3 Å². The highest BCUT2D eigenvalue weighted by Crippen LogP contribution is 2.35. The molecular weight excluding hydrogens is 226 g/mol. The first-order chi connectivity index (χ1) is 8.72. The zero-order valence-corrected chi connectivity index (χ0v) is 10.9. The summed E-state index contributed by atoms with van der Waals surface area (Å²) >= 11 is 0. The lowest BCUT2D eigenvalue weighted by Gasteiger charge is -2.27. The van der Waals surface area contributed by atoms with Crippen LogP contribution in [0.2, 0.25) is 0 Å². The van der Waals surface area contributed by atoms with E-state index in [1.807, 2.05) is 18.2 Å². The Labute approximate surface area is 108 Å². The number of fused-ring (bicyclic) bond motifs is 1. The Morgan fingerprint density at radius 2 is 2.22 bits per heavy atom. The van der Waals surface area contributed by atoms with Crippen molar-refractivity contribution in [1.29, 1.82) is 0 Å². The summed E-state index contributed by atoms with van der Waals surface area (Å²) in [6, 6.07) is 6.06. The topological polar surface area (TPSA) is 44.5 Å². The van der Waals surface area contributed by atoms with Crippen LogP contribution in [0.5, 0.6) is 11.5 Å². The Balaban J connectivity index is 1.70. The average Bonchev–Trinajstić information content (AvgIpc) is 2.71. The van der Waals surface area contributed by atoms with Gasteiger partial charge in [-0.25, -0.2) is 0 Å². The fourth-order valence-electron chi connectivity index (χ4n) is 2.97. The van der Waals surface area contributed by atoms with Gasteiger partial charge < -0.3 is 15.2 Å². The van der Waals surface area contributed by atoms with E-state index < -0.39 is 0 Å². The third kappa shape index (κ3) is 2.32. The maximum atomic E-state index is 6.07. The predicted octanol–water partition coefficient (Wildman–Crippen LogP) is 3.04. The van der Waals surface area contributed by atoms with Crippen LogP contribution in [0.4, 0.5) is 0 Å². The summed E-state index contributed by atoms with van der Waals surface area (Å²) in [7, 11) is 0. The summed E-state index contributed by atoms with van der Waals surface area (Å²) in [6.07, 6.45) is 5.31. The van der Waals surface area contributed by atoms with Gasteiger partial charge in [-0.05, 0) is 37.3 Å². The van der Waals surface area contributed by atoms with E-state index >= 15 is 0 Å². The Morgan fingerprint density at radius 3 is 3.06 bits per heavy atom. The van der Waals surface area contributed by atoms with Crippen LogP contribution in [-0.2, 0) is 0 Å². The Hall–Kier alpha value is -1.22. The molecule has 3 rings (SSSR count). The first kappa shape index (κ1) is 11.8. The minimum atomic E-state index is 0.0174. The molecule has 18 heavy (non-hydrogen) atoms. The van der Waals surface area contributed by atoms with Gasteiger partial charge >= 0.3 is 0 Å². The molecule has 1 aliphatic heterocycles. The summed E-state index contributed by atoms with van der Waals surface area (Å²) in [5.41, 5.74) is 7.03. The zero-order valence-electron chi connectivity index (χ0n) is 10.9. The second kappa shape index (κ2) is 4.81. The first-order valence-corrected chi connectivity index (χ1v) is 6.91. The summed E-state index contributed by atoms with van der Waals surface area (Å²) in [5, 5.41) is 0. The molecule has 3 heteroatoms. The van der Waals surface area contributed by atoms with Gasteiger partial charge in [-0.1, -0.05) is 13.3 Å². The van der Waals surface area contributed by atoms with Gasteiger partial charge in [-0.3, -0.25) is 0 Å². The van der Waals surface area contributed by atoms with Gasteiger partial charge in [0.05, 0.1) is 12.1 Å². The normalized spacial score (nSPS) is 30.7. The van der Waals surface area contributed by atoms with Crippen molar-refractivity contribution in [2.75, 3.05) is 6.61 Å². The summed E-state index contributed by atoms with van der Waals surface area (Å²) in [4.78, 5) is 0. The molecule has 0 aromatic heterocycles. The van der Waals surface area contributed by atoms with E-state index in [-0.39, 0.29) is 6.04 Å². The maximum Gasteiger partial charge on any atom is 0.127 e. The monoisotopic (exact) mass is 247 g/mol. The standard InChI is InChI=1S/C15H21NO2/c1-10-3-2-4-11(7-10)18-12-5-6-13-14(16)9-17-15(13)8-12/h5-6,8,10-11,14H,2-4,7,9,16H2,1H3. The number of hydrogen-bond donors (Lipinski definition) is 1. The van der Waals surface area contributed by atoms with Gasteiger partial charge in [-0.15, -0.1) is 0 Å². The molecule has 1 heterocycles. The highest BCUT2D eigenvalue weighted by Gasteiger charge is 2.23. The quantitative estimate of drug-likeness (QED) is 0.873. The molecule has 1 aliphatic carbocycles. The van der Waals surface area contributed by atoms with Crippen LogP contribution in [0, 0.1) is 5.92 Å². The molecule has 3 atom stereocenters. The highest BCUT2D eigenvalue weighted by molar-refractivity contribution is 5.44. The van der Waals surface area contributed by atoms with E-state index in [1.54, 1.807) is 0 Å². The van der Waals surface area contributed by atoms with E-state index in [0.717, 1.165) is 29.4 Å². The molecule has 1 fully saturated rings. The van der Waals surface area contributed by atoms with Crippen molar-refractivity contribution in [3.05, 3.63) is 23.8 Å². The van der Waals surface area contributed by atoms with Crippen LogP contribution in [0.25, 0.3) is 0 Å². The molecular formula is C15H21NO2. The van der Waals surface area contributed by atoms with Gasteiger partial charge in [0, 0.05) is 11.6 Å². The zero-order chi connectivity index (χ0) is 12.5. The van der Waals surface area contributed by atoms with E-state index in [4.69, 9.17) is 15.2 Å². The molecule has 1 aromatic rings. The van der Waals surface area contributed by atoms with Gasteiger partial charge in [0.1, 0.15) is 18.1 Å². The third-order valence-electron chi connectivity index (χ3n) is 3.99. The molecule has 1 saturated carbocycles. The van der Waals surface area contributed by atoms with Crippen molar-refractivity contribution in [1.82, 2.24) is 0 Å². The van der Waals surface area contributed by atoms with Gasteiger partial charge in [0.15, 0.2) is 0 Å². The number of benzene rings is 1. The number of rotatable bonds is 2. The second-order valence-electron chi connectivity index (χ2n) is 5.63. The molecule has 3 unspecified atom stereocenters. The molecule has 0 saturated heterocycles. The lowest BCUT2D eigenvalue weighted by Crippen LogP contribution is -2.24. The maximum absolute atomic E-state index is 6.07. The number of hydrogen-bond acceptors (Lipinski definition) is 3. The SMILES string of the molecule is CC1CCCC(Oc2ccc3c(c2)OCC3N)C1. The molecule has 2 N–H and O–H groups in total. The second-order valence-corrected chi connectivity index (χ2v) is 5.63. The largest absolute Gasteiger partial charge is 0.491 e. The van der Waals surface area contributed by atoms with Crippen LogP contribution in [-0.4, -0.2) is 12.7 Å². The van der Waals surface area contributed by atoms with Crippen LogP contribution in [0.1, 0.15) is 44.2 Å². The van der Waals surface area contributed by atoms with E-state index in [2.05, 4.69) is 6.92 Å². The Morgan fingerprint density at radius 1 is 1.33 bits per heavy atom. The van der Waals surface area contributed by atoms with Gasteiger partial charge in [0.2, 0.25) is 0 Å². The fraction of sp³-hybridized carbons (Fsp3) is 0.600. The molecule has 0 radical (unpaired) electrons. The summed E-state index contributed by atoms with van der Waals surface area (Å²) < 4.78 is 11.6. The van der Waals surface area contributed by atoms with Crippen molar-refractivity contribution in [2.45, 2.75) is 44.8 Å². The molecule has 0 bridgehead atoms. The molecule has 0 spiro atoms. The molecule has 3 nitrogen and oxygen atoms in total. The van der Waals surface area contributed by atoms with Crippen molar-refractivity contribution in [3.8, 4) is 11.5 Å². The lowest BCUT2D eigenvalue weighted by molar-refractivity contribution is 0.129.